The summed E-state index contributed by atoms with van der Waals surface area (Å²) in [5.41, 5.74) is 9.97. The predicted molar refractivity (Wildman–Crippen MR) is 174 cm³/mol. The number of rotatable bonds is 4. The lowest BCUT2D eigenvalue weighted by Gasteiger charge is -2.34. The molecule has 0 radical (unpaired) electrons. The monoisotopic (exact) mass is 538 g/mol. The van der Waals surface area contributed by atoms with Crippen LogP contribution in [0.15, 0.2) is 91.0 Å². The van der Waals surface area contributed by atoms with E-state index in [-0.39, 0.29) is 5.41 Å². The second-order valence-corrected chi connectivity index (χ2v) is 13.5. The Balaban J connectivity index is 1.30. The zero-order valence-corrected chi connectivity index (χ0v) is 24.7. The van der Waals surface area contributed by atoms with Gasteiger partial charge in [0.15, 0.2) is 0 Å². The van der Waals surface area contributed by atoms with Crippen molar-refractivity contribution in [2.24, 2.45) is 5.92 Å². The summed E-state index contributed by atoms with van der Waals surface area (Å²) in [6.07, 6.45) is 12.1. The molecule has 41 heavy (non-hydrogen) atoms. The molecule has 2 atom stereocenters. The Morgan fingerprint density at radius 2 is 1.29 bits per heavy atom. The summed E-state index contributed by atoms with van der Waals surface area (Å²) in [5, 5.41) is 2.75. The fraction of sp³-hybridized carbons (Fsp3) is 0.385. The second-order valence-electron chi connectivity index (χ2n) is 13.5. The Hall–Kier alpha value is -3.52. The molecule has 0 amide bonds. The highest BCUT2D eigenvalue weighted by Gasteiger charge is 2.46. The minimum atomic E-state index is 0.260. The molecule has 1 heterocycles. The molecule has 0 spiro atoms. The van der Waals surface area contributed by atoms with E-state index in [1.165, 1.54) is 96.7 Å². The molecule has 0 aliphatic heterocycles. The van der Waals surface area contributed by atoms with Gasteiger partial charge in [-0.3, -0.25) is 0 Å². The molecule has 5 aromatic rings. The van der Waals surface area contributed by atoms with Crippen molar-refractivity contribution in [3.63, 3.8) is 0 Å². The van der Waals surface area contributed by atoms with Gasteiger partial charge in [0.1, 0.15) is 0 Å². The molecule has 2 heteroatoms. The van der Waals surface area contributed by atoms with Gasteiger partial charge in [0.05, 0.1) is 0 Å². The Morgan fingerprint density at radius 1 is 0.610 bits per heavy atom. The molecular weight excluding hydrogens is 496 g/mol. The lowest BCUT2D eigenvalue weighted by Crippen LogP contribution is -2.27. The van der Waals surface area contributed by atoms with E-state index in [0.717, 1.165) is 5.92 Å². The standard InChI is InChI=1S/C39H42N2/c1-39(2)35-19-11-9-17-31(35)33-25-29(21-23-36(33)39)40(27-13-5-3-6-14-27)30-22-24-38-34(26-30)32-18-10-12-20-37(32)41(38)28-15-7-4-8-16-28/h3,5-6,10,12-14,18,20-26,28,31,35H,4,7-9,11,15-17,19H2,1-2H3/t31-,35?/m0/s1. The van der Waals surface area contributed by atoms with Gasteiger partial charge in [-0.2, -0.15) is 0 Å². The van der Waals surface area contributed by atoms with Crippen molar-refractivity contribution < 1.29 is 0 Å². The van der Waals surface area contributed by atoms with Gasteiger partial charge in [-0.1, -0.05) is 88.4 Å². The largest absolute Gasteiger partial charge is 0.337 e. The van der Waals surface area contributed by atoms with E-state index in [9.17, 15) is 0 Å². The molecule has 0 N–H and O–H groups in total. The molecule has 2 nitrogen and oxygen atoms in total. The van der Waals surface area contributed by atoms with Crippen LogP contribution < -0.4 is 4.90 Å². The Labute approximate surface area is 245 Å². The summed E-state index contributed by atoms with van der Waals surface area (Å²) >= 11 is 0. The summed E-state index contributed by atoms with van der Waals surface area (Å²) in [5.74, 6) is 1.47. The number of hydrogen-bond acceptors (Lipinski definition) is 1. The van der Waals surface area contributed by atoms with Crippen molar-refractivity contribution in [1.29, 1.82) is 0 Å². The molecule has 2 fully saturated rings. The number of nitrogens with zero attached hydrogens (tertiary/aromatic N) is 2. The molecule has 3 aliphatic rings. The SMILES string of the molecule is CC1(C)c2ccc(N(c3ccccc3)c3ccc4c(c3)c3ccccc3n4C3CCCCC3)cc2[C@@H]2CCCCC21. The van der Waals surface area contributed by atoms with Crippen LogP contribution in [0.25, 0.3) is 21.8 Å². The fourth-order valence-corrected chi connectivity index (χ4v) is 9.04. The van der Waals surface area contributed by atoms with Crippen molar-refractivity contribution in [1.82, 2.24) is 4.57 Å². The van der Waals surface area contributed by atoms with Gasteiger partial charge in [-0.25, -0.2) is 0 Å². The molecule has 8 rings (SSSR count). The van der Waals surface area contributed by atoms with Crippen LogP contribution in [0.4, 0.5) is 17.1 Å². The third-order valence-electron chi connectivity index (χ3n) is 11.0. The van der Waals surface area contributed by atoms with Crippen molar-refractivity contribution in [3.8, 4) is 0 Å². The van der Waals surface area contributed by atoms with E-state index in [0.29, 0.717) is 12.0 Å². The Kier molecular flexibility index (Phi) is 6.02. The Bertz CT molecular complexity index is 1720. The smallest absolute Gasteiger partial charge is 0.0495 e. The van der Waals surface area contributed by atoms with Crippen LogP contribution in [0.5, 0.6) is 0 Å². The highest BCUT2D eigenvalue weighted by Crippen LogP contribution is 2.57. The van der Waals surface area contributed by atoms with Crippen LogP contribution in [-0.2, 0) is 5.41 Å². The summed E-state index contributed by atoms with van der Waals surface area (Å²) in [6, 6.07) is 35.3. The first-order valence-corrected chi connectivity index (χ1v) is 16.1. The van der Waals surface area contributed by atoms with E-state index < -0.39 is 0 Å². The second kappa shape index (κ2) is 9.79. The Morgan fingerprint density at radius 3 is 2.15 bits per heavy atom. The topological polar surface area (TPSA) is 8.17 Å². The maximum Gasteiger partial charge on any atom is 0.0495 e. The van der Waals surface area contributed by atoms with Crippen LogP contribution in [0.1, 0.15) is 94.7 Å². The number of benzene rings is 4. The summed E-state index contributed by atoms with van der Waals surface area (Å²) in [6.45, 7) is 4.99. The molecule has 4 aromatic carbocycles. The van der Waals surface area contributed by atoms with E-state index in [2.05, 4.69) is 114 Å². The average molecular weight is 539 g/mol. The lowest BCUT2D eigenvalue weighted by molar-refractivity contribution is 0.233. The van der Waals surface area contributed by atoms with Gasteiger partial charge in [-0.05, 0) is 103 Å². The molecule has 0 bridgehead atoms. The summed E-state index contributed by atoms with van der Waals surface area (Å²) in [4.78, 5) is 2.50. The first kappa shape index (κ1) is 25.2. The van der Waals surface area contributed by atoms with Crippen LogP contribution >= 0.6 is 0 Å². The minimum Gasteiger partial charge on any atom is -0.337 e. The van der Waals surface area contributed by atoms with Crippen molar-refractivity contribution in [2.75, 3.05) is 4.90 Å². The molecule has 3 aliphatic carbocycles. The van der Waals surface area contributed by atoms with Crippen LogP contribution in [-0.4, -0.2) is 4.57 Å². The molecule has 0 saturated heterocycles. The van der Waals surface area contributed by atoms with Crippen molar-refractivity contribution in [2.45, 2.75) is 89.0 Å². The number of hydrogen-bond donors (Lipinski definition) is 0. The maximum atomic E-state index is 2.67. The first-order valence-electron chi connectivity index (χ1n) is 16.1. The van der Waals surface area contributed by atoms with E-state index in [1.807, 2.05) is 0 Å². The third-order valence-corrected chi connectivity index (χ3v) is 11.0. The lowest BCUT2D eigenvalue weighted by atomic mass is 9.70. The van der Waals surface area contributed by atoms with Crippen LogP contribution in [0.2, 0.25) is 0 Å². The van der Waals surface area contributed by atoms with Crippen LogP contribution in [0.3, 0.4) is 0 Å². The van der Waals surface area contributed by atoms with E-state index in [4.69, 9.17) is 0 Å². The normalized spacial score (nSPS) is 22.1. The highest BCUT2D eigenvalue weighted by molar-refractivity contribution is 6.09. The maximum absolute atomic E-state index is 2.67. The average Bonchev–Trinajstić information content (AvgIpc) is 3.47. The predicted octanol–water partition coefficient (Wildman–Crippen LogP) is 11.3. The van der Waals surface area contributed by atoms with Crippen molar-refractivity contribution >= 4 is 38.9 Å². The zero-order valence-electron chi connectivity index (χ0n) is 24.7. The number of aromatic nitrogens is 1. The fourth-order valence-electron chi connectivity index (χ4n) is 9.04. The van der Waals surface area contributed by atoms with Gasteiger partial charge >= 0.3 is 0 Å². The number of fused-ring (bicyclic) bond motifs is 6. The minimum absolute atomic E-state index is 0.260. The van der Waals surface area contributed by atoms with Gasteiger partial charge < -0.3 is 9.47 Å². The van der Waals surface area contributed by atoms with Crippen molar-refractivity contribution in [3.05, 3.63) is 102 Å². The van der Waals surface area contributed by atoms with E-state index >= 15 is 0 Å². The highest BCUT2D eigenvalue weighted by atomic mass is 15.1. The van der Waals surface area contributed by atoms with Gasteiger partial charge in [0.25, 0.3) is 0 Å². The third kappa shape index (κ3) is 3.97. The number of anilines is 3. The summed E-state index contributed by atoms with van der Waals surface area (Å²) in [7, 11) is 0. The molecule has 1 unspecified atom stereocenters. The first-order chi connectivity index (χ1) is 20.1. The van der Waals surface area contributed by atoms with Gasteiger partial charge in [-0.15, -0.1) is 0 Å². The molecule has 208 valence electrons. The molecular formula is C39H42N2. The quantitative estimate of drug-likeness (QED) is 0.221. The zero-order chi connectivity index (χ0) is 27.6. The summed E-state index contributed by atoms with van der Waals surface area (Å²) < 4.78 is 2.67. The van der Waals surface area contributed by atoms with E-state index in [1.54, 1.807) is 11.1 Å². The van der Waals surface area contributed by atoms with Crippen LogP contribution in [0, 0.1) is 5.92 Å². The molecule has 1 aromatic heterocycles. The number of para-hydroxylation sites is 2. The molecule has 2 saturated carbocycles. The van der Waals surface area contributed by atoms with Gasteiger partial charge in [0, 0.05) is 44.9 Å². The van der Waals surface area contributed by atoms with Gasteiger partial charge in [0.2, 0.25) is 0 Å².